The summed E-state index contributed by atoms with van der Waals surface area (Å²) in [5.74, 6) is 0.374. The van der Waals surface area contributed by atoms with E-state index >= 15 is 0 Å². The Kier molecular flexibility index (Phi) is 5.03. The minimum Gasteiger partial charge on any atom is -0.298 e. The van der Waals surface area contributed by atoms with Crippen molar-refractivity contribution < 1.29 is 4.39 Å². The van der Waals surface area contributed by atoms with Gasteiger partial charge in [0.1, 0.15) is 5.82 Å². The Balaban J connectivity index is 2.75. The third kappa shape index (κ3) is 3.74. The predicted molar refractivity (Wildman–Crippen MR) is 65.7 cm³/mol. The summed E-state index contributed by atoms with van der Waals surface area (Å²) in [5, 5.41) is 0. The van der Waals surface area contributed by atoms with Crippen LogP contribution in [0.5, 0.6) is 0 Å². The fourth-order valence-electron chi connectivity index (χ4n) is 1.21. The molecule has 4 heteroatoms. The minimum absolute atomic E-state index is 0.174. The van der Waals surface area contributed by atoms with Crippen LogP contribution in [0.3, 0.4) is 0 Å². The van der Waals surface area contributed by atoms with Crippen LogP contribution >= 0.6 is 27.5 Å². The van der Waals surface area contributed by atoms with E-state index < -0.39 is 0 Å². The van der Waals surface area contributed by atoms with Gasteiger partial charge in [-0.2, -0.15) is 0 Å². The van der Waals surface area contributed by atoms with Crippen molar-refractivity contribution in [3.05, 3.63) is 34.1 Å². The average Bonchev–Trinajstić information content (AvgIpc) is 2.22. The highest BCUT2D eigenvalue weighted by Gasteiger charge is 2.11. The molecule has 84 valence electrons. The lowest BCUT2D eigenvalue weighted by atomic mass is 10.2. The van der Waals surface area contributed by atoms with Gasteiger partial charge in [0.2, 0.25) is 0 Å². The Bertz CT molecular complexity index is 332. The average molecular weight is 295 g/mol. The summed E-state index contributed by atoms with van der Waals surface area (Å²) in [6.45, 7) is 2.59. The second-order valence-corrected chi connectivity index (χ2v) is 4.88. The number of rotatable bonds is 4. The molecule has 15 heavy (non-hydrogen) atoms. The van der Waals surface area contributed by atoms with E-state index in [-0.39, 0.29) is 11.9 Å². The van der Waals surface area contributed by atoms with Gasteiger partial charge in [0, 0.05) is 28.5 Å². The normalized spacial score (nSPS) is 13.2. The molecule has 1 aromatic carbocycles. The summed E-state index contributed by atoms with van der Waals surface area (Å²) in [4.78, 5) is 2.03. The van der Waals surface area contributed by atoms with Crippen LogP contribution in [-0.2, 0) is 6.54 Å². The zero-order chi connectivity index (χ0) is 11.4. The smallest absolute Gasteiger partial charge is 0.127 e. The molecule has 0 saturated carbocycles. The van der Waals surface area contributed by atoms with Crippen molar-refractivity contribution in [3.63, 3.8) is 0 Å². The highest BCUT2D eigenvalue weighted by atomic mass is 79.9. The molecule has 0 radical (unpaired) electrons. The molecule has 1 nitrogen and oxygen atoms in total. The van der Waals surface area contributed by atoms with Crippen LogP contribution < -0.4 is 0 Å². The first-order valence-corrected chi connectivity index (χ1v) is 6.07. The van der Waals surface area contributed by atoms with Crippen molar-refractivity contribution in [2.75, 3.05) is 12.9 Å². The molecule has 1 atom stereocenters. The third-order valence-corrected chi connectivity index (χ3v) is 3.34. The number of halogens is 3. The topological polar surface area (TPSA) is 3.24 Å². The number of hydrogen-bond acceptors (Lipinski definition) is 1. The number of alkyl halides is 1. The van der Waals surface area contributed by atoms with Crippen molar-refractivity contribution in [2.45, 2.75) is 19.5 Å². The highest BCUT2D eigenvalue weighted by Crippen LogP contribution is 2.17. The van der Waals surface area contributed by atoms with E-state index in [1.807, 2.05) is 18.9 Å². The van der Waals surface area contributed by atoms with Crippen LogP contribution in [0.2, 0.25) is 0 Å². The van der Waals surface area contributed by atoms with Gasteiger partial charge < -0.3 is 0 Å². The van der Waals surface area contributed by atoms with Gasteiger partial charge in [0.15, 0.2) is 0 Å². The Morgan fingerprint density at radius 1 is 1.53 bits per heavy atom. The zero-order valence-corrected chi connectivity index (χ0v) is 11.1. The SMILES string of the molecule is CC(CCl)N(C)Cc1cc(Br)ccc1F. The summed E-state index contributed by atoms with van der Waals surface area (Å²) in [6, 6.07) is 5.21. The second kappa shape index (κ2) is 5.83. The molecule has 0 aliphatic carbocycles. The van der Waals surface area contributed by atoms with Gasteiger partial charge in [0.25, 0.3) is 0 Å². The third-order valence-electron chi connectivity index (χ3n) is 2.40. The second-order valence-electron chi connectivity index (χ2n) is 3.65. The van der Waals surface area contributed by atoms with Crippen LogP contribution in [0, 0.1) is 5.82 Å². The van der Waals surface area contributed by atoms with Crippen molar-refractivity contribution >= 4 is 27.5 Å². The molecule has 0 N–H and O–H groups in total. The molecule has 0 amide bonds. The first-order chi connectivity index (χ1) is 7.04. The van der Waals surface area contributed by atoms with Crippen LogP contribution in [0.25, 0.3) is 0 Å². The lowest BCUT2D eigenvalue weighted by Gasteiger charge is -2.22. The fraction of sp³-hybridized carbons (Fsp3) is 0.455. The number of nitrogens with zero attached hydrogens (tertiary/aromatic N) is 1. The van der Waals surface area contributed by atoms with Gasteiger partial charge in [-0.25, -0.2) is 4.39 Å². The Labute approximate surface area is 103 Å². The van der Waals surface area contributed by atoms with Crippen LogP contribution in [0.1, 0.15) is 12.5 Å². The standard InChI is InChI=1S/C11H14BrClFN/c1-8(6-13)15(2)7-9-5-10(12)3-4-11(9)14/h3-5,8H,6-7H2,1-2H3. The molecule has 0 bridgehead atoms. The molecule has 0 heterocycles. The van der Waals surface area contributed by atoms with Crippen LogP contribution in [-0.4, -0.2) is 23.9 Å². The van der Waals surface area contributed by atoms with Crippen LogP contribution in [0.4, 0.5) is 4.39 Å². The zero-order valence-electron chi connectivity index (χ0n) is 8.80. The summed E-state index contributed by atoms with van der Waals surface area (Å²) in [5.41, 5.74) is 0.684. The van der Waals surface area contributed by atoms with E-state index in [2.05, 4.69) is 15.9 Å². The molecular formula is C11H14BrClFN. The predicted octanol–water partition coefficient (Wildman–Crippen LogP) is 3.65. The van der Waals surface area contributed by atoms with Crippen molar-refractivity contribution in [1.82, 2.24) is 4.90 Å². The fourth-order valence-corrected chi connectivity index (χ4v) is 1.85. The Hall–Kier alpha value is -0.120. The van der Waals surface area contributed by atoms with E-state index in [1.165, 1.54) is 6.07 Å². The Morgan fingerprint density at radius 2 is 2.20 bits per heavy atom. The molecular weight excluding hydrogens is 280 g/mol. The monoisotopic (exact) mass is 293 g/mol. The van der Waals surface area contributed by atoms with E-state index in [0.29, 0.717) is 18.0 Å². The summed E-state index contributed by atoms with van der Waals surface area (Å²) in [7, 11) is 1.94. The van der Waals surface area contributed by atoms with E-state index in [0.717, 1.165) is 4.47 Å². The lowest BCUT2D eigenvalue weighted by molar-refractivity contribution is 0.264. The Morgan fingerprint density at radius 3 is 2.80 bits per heavy atom. The van der Waals surface area contributed by atoms with Gasteiger partial charge in [0.05, 0.1) is 0 Å². The van der Waals surface area contributed by atoms with Crippen molar-refractivity contribution in [3.8, 4) is 0 Å². The molecule has 0 aliphatic heterocycles. The van der Waals surface area contributed by atoms with E-state index in [4.69, 9.17) is 11.6 Å². The van der Waals surface area contributed by atoms with E-state index in [9.17, 15) is 4.39 Å². The minimum atomic E-state index is -0.174. The molecule has 1 rings (SSSR count). The summed E-state index contributed by atoms with van der Waals surface area (Å²) in [6.07, 6.45) is 0. The molecule has 0 spiro atoms. The maximum Gasteiger partial charge on any atom is 0.127 e. The first-order valence-electron chi connectivity index (χ1n) is 4.74. The molecule has 1 unspecified atom stereocenters. The van der Waals surface area contributed by atoms with Crippen molar-refractivity contribution in [1.29, 1.82) is 0 Å². The maximum atomic E-state index is 13.4. The molecule has 0 aliphatic rings. The van der Waals surface area contributed by atoms with Gasteiger partial charge in [-0.15, -0.1) is 11.6 Å². The maximum absolute atomic E-state index is 13.4. The van der Waals surface area contributed by atoms with Gasteiger partial charge >= 0.3 is 0 Å². The summed E-state index contributed by atoms with van der Waals surface area (Å²) < 4.78 is 14.3. The molecule has 0 saturated heterocycles. The van der Waals surface area contributed by atoms with Gasteiger partial charge in [-0.1, -0.05) is 15.9 Å². The number of benzene rings is 1. The largest absolute Gasteiger partial charge is 0.298 e. The van der Waals surface area contributed by atoms with Crippen molar-refractivity contribution in [2.24, 2.45) is 0 Å². The quantitative estimate of drug-likeness (QED) is 0.766. The van der Waals surface area contributed by atoms with E-state index in [1.54, 1.807) is 12.1 Å². The summed E-state index contributed by atoms with van der Waals surface area (Å²) >= 11 is 9.07. The lowest BCUT2D eigenvalue weighted by Crippen LogP contribution is -2.30. The molecule has 0 fully saturated rings. The first kappa shape index (κ1) is 12.9. The molecule has 1 aromatic rings. The van der Waals surface area contributed by atoms with Gasteiger partial charge in [-0.05, 0) is 32.2 Å². The van der Waals surface area contributed by atoms with Gasteiger partial charge in [-0.3, -0.25) is 4.90 Å². The highest BCUT2D eigenvalue weighted by molar-refractivity contribution is 9.10. The van der Waals surface area contributed by atoms with Crippen LogP contribution in [0.15, 0.2) is 22.7 Å². The molecule has 0 aromatic heterocycles. The number of hydrogen-bond donors (Lipinski definition) is 0.